The maximum absolute atomic E-state index is 12.9. The summed E-state index contributed by atoms with van der Waals surface area (Å²) in [4.78, 5) is 25.1. The highest BCUT2D eigenvalue weighted by Gasteiger charge is 2.18. The molecule has 3 aromatic rings. The molecule has 0 spiro atoms. The first-order valence-corrected chi connectivity index (χ1v) is 8.52. The SMILES string of the molecule is O=C(Nc1ccccc1)Nc1ccc(Cl)cc1C(=O)c1ccccc1Cl. The fourth-order valence-corrected chi connectivity index (χ4v) is 2.80. The molecule has 0 aliphatic rings. The minimum absolute atomic E-state index is 0.258. The Morgan fingerprint density at radius 3 is 2.15 bits per heavy atom. The molecule has 3 aromatic carbocycles. The van der Waals surface area contributed by atoms with Gasteiger partial charge in [-0.05, 0) is 42.5 Å². The molecule has 2 N–H and O–H groups in total. The van der Waals surface area contributed by atoms with Crippen molar-refractivity contribution in [2.75, 3.05) is 10.6 Å². The van der Waals surface area contributed by atoms with E-state index in [4.69, 9.17) is 23.2 Å². The van der Waals surface area contributed by atoms with Crippen molar-refractivity contribution in [3.63, 3.8) is 0 Å². The van der Waals surface area contributed by atoms with Crippen LogP contribution in [0.3, 0.4) is 0 Å². The second-order valence-corrected chi connectivity index (χ2v) is 6.29. The summed E-state index contributed by atoms with van der Waals surface area (Å²) in [5, 5.41) is 6.10. The van der Waals surface area contributed by atoms with Crippen LogP contribution < -0.4 is 10.6 Å². The largest absolute Gasteiger partial charge is 0.323 e. The molecule has 3 rings (SSSR count). The van der Waals surface area contributed by atoms with Crippen LogP contribution in [0.15, 0.2) is 72.8 Å². The van der Waals surface area contributed by atoms with Crippen molar-refractivity contribution in [2.45, 2.75) is 0 Å². The van der Waals surface area contributed by atoms with E-state index >= 15 is 0 Å². The number of hydrogen-bond acceptors (Lipinski definition) is 2. The number of halogens is 2. The molecule has 0 aliphatic carbocycles. The topological polar surface area (TPSA) is 58.2 Å². The van der Waals surface area contributed by atoms with E-state index in [2.05, 4.69) is 10.6 Å². The maximum Gasteiger partial charge on any atom is 0.323 e. The van der Waals surface area contributed by atoms with Crippen LogP contribution in [-0.4, -0.2) is 11.8 Å². The van der Waals surface area contributed by atoms with Crippen LogP contribution in [0.2, 0.25) is 10.0 Å². The Bertz CT molecular complexity index is 959. The molecule has 0 saturated heterocycles. The molecule has 4 nitrogen and oxygen atoms in total. The summed E-state index contributed by atoms with van der Waals surface area (Å²) in [5.41, 5.74) is 1.57. The third-order valence-corrected chi connectivity index (χ3v) is 4.19. The summed E-state index contributed by atoms with van der Waals surface area (Å²) in [5.74, 6) is -0.326. The van der Waals surface area contributed by atoms with Crippen LogP contribution in [0.25, 0.3) is 0 Å². The van der Waals surface area contributed by atoms with Gasteiger partial charge in [0.25, 0.3) is 0 Å². The van der Waals surface area contributed by atoms with E-state index in [0.29, 0.717) is 27.0 Å². The molecule has 0 unspecified atom stereocenters. The number of ketones is 1. The van der Waals surface area contributed by atoms with Gasteiger partial charge < -0.3 is 10.6 Å². The van der Waals surface area contributed by atoms with Crippen LogP contribution in [0.5, 0.6) is 0 Å². The zero-order chi connectivity index (χ0) is 18.5. The number of benzene rings is 3. The number of nitrogens with one attached hydrogen (secondary N) is 2. The van der Waals surface area contributed by atoms with Crippen LogP contribution >= 0.6 is 23.2 Å². The van der Waals surface area contributed by atoms with Crippen molar-refractivity contribution in [3.8, 4) is 0 Å². The first-order chi connectivity index (χ1) is 12.5. The highest BCUT2D eigenvalue weighted by molar-refractivity contribution is 6.36. The Labute approximate surface area is 160 Å². The second kappa shape index (κ2) is 8.04. The fraction of sp³-hybridized carbons (Fsp3) is 0. The number of para-hydroxylation sites is 1. The van der Waals surface area contributed by atoms with Gasteiger partial charge in [-0.3, -0.25) is 4.79 Å². The monoisotopic (exact) mass is 384 g/mol. The van der Waals surface area contributed by atoms with E-state index in [1.165, 1.54) is 6.07 Å². The number of carbonyl (C=O) groups excluding carboxylic acids is 2. The van der Waals surface area contributed by atoms with Crippen molar-refractivity contribution >= 4 is 46.4 Å². The Kier molecular flexibility index (Phi) is 5.56. The van der Waals surface area contributed by atoms with E-state index in [9.17, 15) is 9.59 Å². The Morgan fingerprint density at radius 1 is 0.731 bits per heavy atom. The molecule has 0 atom stereocenters. The van der Waals surface area contributed by atoms with Gasteiger partial charge in [-0.25, -0.2) is 4.79 Å². The van der Waals surface area contributed by atoms with Gasteiger partial charge in [-0.2, -0.15) is 0 Å². The Hall–Kier alpha value is -2.82. The van der Waals surface area contributed by atoms with Gasteiger partial charge in [-0.1, -0.05) is 53.5 Å². The molecular formula is C20H14Cl2N2O2. The van der Waals surface area contributed by atoms with Crippen LogP contribution in [0.4, 0.5) is 16.2 Å². The van der Waals surface area contributed by atoms with Gasteiger partial charge in [0, 0.05) is 21.8 Å². The molecular weight excluding hydrogens is 371 g/mol. The summed E-state index contributed by atoms with van der Waals surface area (Å²) in [6, 6.07) is 19.9. The first kappa shape index (κ1) is 18.0. The van der Waals surface area contributed by atoms with E-state index in [1.54, 1.807) is 48.5 Å². The third kappa shape index (κ3) is 4.23. The number of urea groups is 1. The molecule has 0 aliphatic heterocycles. The predicted molar refractivity (Wildman–Crippen MR) is 105 cm³/mol. The quantitative estimate of drug-likeness (QED) is 0.552. The lowest BCUT2D eigenvalue weighted by atomic mass is 10.0. The van der Waals surface area contributed by atoms with Gasteiger partial charge in [0.05, 0.1) is 10.7 Å². The van der Waals surface area contributed by atoms with Gasteiger partial charge in [-0.15, -0.1) is 0 Å². The number of hydrogen-bond donors (Lipinski definition) is 2. The van der Waals surface area contributed by atoms with E-state index < -0.39 is 6.03 Å². The summed E-state index contributed by atoms with van der Waals surface area (Å²) in [7, 11) is 0. The number of rotatable bonds is 4. The molecule has 0 bridgehead atoms. The Balaban J connectivity index is 1.88. The van der Waals surface area contributed by atoms with Crippen molar-refractivity contribution in [3.05, 3.63) is 94.0 Å². The summed E-state index contributed by atoms with van der Waals surface area (Å²) >= 11 is 12.2. The summed E-state index contributed by atoms with van der Waals surface area (Å²) < 4.78 is 0. The minimum Gasteiger partial charge on any atom is -0.308 e. The van der Waals surface area contributed by atoms with Gasteiger partial charge in [0.2, 0.25) is 0 Å². The standard InChI is InChI=1S/C20H14Cl2N2O2/c21-13-10-11-18(24-20(26)23-14-6-2-1-3-7-14)16(12-13)19(25)15-8-4-5-9-17(15)22/h1-12H,(H2,23,24,26). The fourth-order valence-electron chi connectivity index (χ4n) is 2.41. The van der Waals surface area contributed by atoms with E-state index in [0.717, 1.165) is 0 Å². The van der Waals surface area contributed by atoms with Crippen molar-refractivity contribution in [2.24, 2.45) is 0 Å². The van der Waals surface area contributed by atoms with Crippen LogP contribution in [-0.2, 0) is 0 Å². The molecule has 130 valence electrons. The van der Waals surface area contributed by atoms with E-state index in [-0.39, 0.29) is 11.3 Å². The predicted octanol–water partition coefficient (Wildman–Crippen LogP) is 5.87. The van der Waals surface area contributed by atoms with Crippen molar-refractivity contribution in [1.29, 1.82) is 0 Å². The van der Waals surface area contributed by atoms with Crippen LogP contribution in [0.1, 0.15) is 15.9 Å². The molecule has 0 fully saturated rings. The summed E-state index contributed by atoms with van der Waals surface area (Å²) in [6.07, 6.45) is 0. The Morgan fingerprint density at radius 2 is 1.42 bits per heavy atom. The lowest BCUT2D eigenvalue weighted by Gasteiger charge is -2.12. The normalized spacial score (nSPS) is 10.2. The van der Waals surface area contributed by atoms with E-state index in [1.807, 2.05) is 18.2 Å². The third-order valence-electron chi connectivity index (χ3n) is 3.62. The molecule has 0 heterocycles. The lowest BCUT2D eigenvalue weighted by molar-refractivity contribution is 0.103. The van der Waals surface area contributed by atoms with Gasteiger partial charge in [0.15, 0.2) is 5.78 Å². The second-order valence-electron chi connectivity index (χ2n) is 5.44. The van der Waals surface area contributed by atoms with Crippen molar-refractivity contribution < 1.29 is 9.59 Å². The van der Waals surface area contributed by atoms with Gasteiger partial charge in [0.1, 0.15) is 0 Å². The zero-order valence-electron chi connectivity index (χ0n) is 13.5. The molecule has 0 radical (unpaired) electrons. The average Bonchev–Trinajstić information content (AvgIpc) is 2.64. The molecule has 2 amide bonds. The summed E-state index contributed by atoms with van der Waals surface area (Å²) in [6.45, 7) is 0. The maximum atomic E-state index is 12.9. The van der Waals surface area contributed by atoms with Gasteiger partial charge >= 0.3 is 6.03 Å². The molecule has 0 saturated carbocycles. The highest BCUT2D eigenvalue weighted by Crippen LogP contribution is 2.26. The number of anilines is 2. The van der Waals surface area contributed by atoms with Crippen molar-refractivity contribution in [1.82, 2.24) is 0 Å². The number of carbonyl (C=O) groups is 2. The first-order valence-electron chi connectivity index (χ1n) is 7.76. The molecule has 0 aromatic heterocycles. The van der Waals surface area contributed by atoms with Crippen LogP contribution in [0, 0.1) is 0 Å². The average molecular weight is 385 g/mol. The lowest BCUT2D eigenvalue weighted by Crippen LogP contribution is -2.21. The highest BCUT2D eigenvalue weighted by atomic mass is 35.5. The molecule has 6 heteroatoms. The smallest absolute Gasteiger partial charge is 0.308 e. The number of amides is 2. The molecule has 26 heavy (non-hydrogen) atoms. The minimum atomic E-state index is -0.466. The zero-order valence-corrected chi connectivity index (χ0v) is 15.0.